The molecule has 1 unspecified atom stereocenters. The number of hydrogen-bond acceptors (Lipinski definition) is 1. The molecule has 1 atom stereocenters. The van der Waals surface area contributed by atoms with Crippen LogP contribution in [0.2, 0.25) is 38.3 Å². The minimum Gasteiger partial charge on any atom is -0.326 e. The molecule has 0 spiro atoms. The molecule has 0 radical (unpaired) electrons. The molecule has 0 aliphatic rings. The largest absolute Gasteiger partial charge is 0.326 e. The fraction of sp³-hybridized carbons (Fsp3) is 1.00. The van der Waals surface area contributed by atoms with Crippen LogP contribution in [0.3, 0.4) is 0 Å². The van der Waals surface area contributed by atoms with Crippen LogP contribution in [0.15, 0.2) is 0 Å². The lowest BCUT2D eigenvalue weighted by atomic mass is 10.3. The minimum atomic E-state index is -0.820. The Hall–Kier alpha value is 0.394. The maximum absolute atomic E-state index is 2.87. The molecular weight excluding hydrogens is 238 g/mol. The Morgan fingerprint density at radius 3 is 1.76 bits per heavy atom. The van der Waals surface area contributed by atoms with Gasteiger partial charge in [0.1, 0.15) is 8.96 Å². The Balaban J connectivity index is 4.06. The second-order valence-electron chi connectivity index (χ2n) is 6.69. The van der Waals surface area contributed by atoms with Gasteiger partial charge in [-0.25, -0.2) is 0 Å². The molecule has 0 saturated carbocycles. The quantitative estimate of drug-likeness (QED) is 0.527. The van der Waals surface area contributed by atoms with E-state index in [-0.39, 0.29) is 0 Å². The average Bonchev–Trinajstić information content (AvgIpc) is 2.25. The van der Waals surface area contributed by atoms with Gasteiger partial charge in [0.25, 0.3) is 0 Å². The Bertz CT molecular complexity index is 170. The van der Waals surface area contributed by atoms with Crippen LogP contribution in [-0.2, 0) is 0 Å². The van der Waals surface area contributed by atoms with Crippen molar-refractivity contribution in [3.05, 3.63) is 0 Å². The van der Waals surface area contributed by atoms with Crippen LogP contribution in [0.1, 0.15) is 39.5 Å². The molecule has 0 N–H and O–H groups in total. The van der Waals surface area contributed by atoms with Gasteiger partial charge in [0.05, 0.1) is 0 Å². The lowest BCUT2D eigenvalue weighted by Crippen LogP contribution is -2.39. The SMILES string of the molecule is CCCCN(CCCC)[SiH](C)CC[Si](C)(C)C. The first-order valence-corrected chi connectivity index (χ1v) is 13.8. The predicted molar refractivity (Wildman–Crippen MR) is 87.4 cm³/mol. The van der Waals surface area contributed by atoms with Gasteiger partial charge in [-0.15, -0.1) is 0 Å². The van der Waals surface area contributed by atoms with Crippen molar-refractivity contribution in [1.29, 1.82) is 0 Å². The summed E-state index contributed by atoms with van der Waals surface area (Å²) in [5.74, 6) is 0. The fourth-order valence-electron chi connectivity index (χ4n) is 2.10. The lowest BCUT2D eigenvalue weighted by molar-refractivity contribution is 0.410. The second-order valence-corrected chi connectivity index (χ2v) is 15.3. The molecule has 17 heavy (non-hydrogen) atoms. The Kier molecular flexibility index (Phi) is 9.56. The highest BCUT2D eigenvalue weighted by Gasteiger charge is 2.19. The first-order chi connectivity index (χ1) is 7.90. The standard InChI is InChI=1S/C14H35NSi2/c1-7-9-11-15(12-10-8-2)16(3)13-14-17(4,5)6/h16H,7-14H2,1-6H3. The molecule has 0 aromatic heterocycles. The summed E-state index contributed by atoms with van der Waals surface area (Å²) in [6.07, 6.45) is 5.48. The van der Waals surface area contributed by atoms with Gasteiger partial charge in [0.2, 0.25) is 0 Å². The molecule has 0 fully saturated rings. The van der Waals surface area contributed by atoms with Crippen molar-refractivity contribution in [2.45, 2.75) is 77.8 Å². The van der Waals surface area contributed by atoms with E-state index >= 15 is 0 Å². The Labute approximate surface area is 113 Å². The highest BCUT2D eigenvalue weighted by Crippen LogP contribution is 2.16. The van der Waals surface area contributed by atoms with Gasteiger partial charge in [-0.1, -0.05) is 58.9 Å². The second kappa shape index (κ2) is 9.34. The van der Waals surface area contributed by atoms with Gasteiger partial charge in [0, 0.05) is 8.07 Å². The number of nitrogens with zero attached hydrogens (tertiary/aromatic N) is 1. The summed E-state index contributed by atoms with van der Waals surface area (Å²) in [5.41, 5.74) is 0. The fourth-order valence-corrected chi connectivity index (χ4v) is 8.85. The van der Waals surface area contributed by atoms with Crippen molar-refractivity contribution in [2.75, 3.05) is 13.1 Å². The topological polar surface area (TPSA) is 3.24 Å². The van der Waals surface area contributed by atoms with Crippen LogP contribution < -0.4 is 0 Å². The van der Waals surface area contributed by atoms with E-state index in [1.807, 2.05) is 0 Å². The van der Waals surface area contributed by atoms with Crippen molar-refractivity contribution in [3.63, 3.8) is 0 Å². The summed E-state index contributed by atoms with van der Waals surface area (Å²) in [4.78, 5) is 0. The van der Waals surface area contributed by atoms with E-state index in [0.717, 1.165) is 0 Å². The molecule has 0 bridgehead atoms. The van der Waals surface area contributed by atoms with Crippen LogP contribution in [-0.4, -0.2) is 34.7 Å². The maximum atomic E-state index is 2.87. The summed E-state index contributed by atoms with van der Waals surface area (Å²) in [6.45, 7) is 17.5. The zero-order chi connectivity index (χ0) is 13.3. The Morgan fingerprint density at radius 1 is 0.941 bits per heavy atom. The van der Waals surface area contributed by atoms with Crippen LogP contribution in [0, 0.1) is 0 Å². The van der Waals surface area contributed by atoms with Gasteiger partial charge in [-0.2, -0.15) is 0 Å². The molecule has 3 heteroatoms. The number of rotatable bonds is 10. The molecule has 0 saturated heterocycles. The van der Waals surface area contributed by atoms with E-state index < -0.39 is 17.0 Å². The third-order valence-electron chi connectivity index (χ3n) is 3.53. The summed E-state index contributed by atoms with van der Waals surface area (Å²) >= 11 is 0. The molecule has 0 aliphatic carbocycles. The molecule has 0 amide bonds. The average molecular weight is 274 g/mol. The van der Waals surface area contributed by atoms with Gasteiger partial charge in [-0.3, -0.25) is 0 Å². The minimum absolute atomic E-state index is 0.612. The highest BCUT2D eigenvalue weighted by atomic mass is 28.3. The predicted octanol–water partition coefficient (Wildman–Crippen LogP) is 4.58. The molecule has 0 aromatic rings. The first-order valence-electron chi connectivity index (χ1n) is 7.64. The summed E-state index contributed by atoms with van der Waals surface area (Å²) < 4.78 is 2.87. The summed E-state index contributed by atoms with van der Waals surface area (Å²) in [7, 11) is -1.43. The molecule has 104 valence electrons. The highest BCUT2D eigenvalue weighted by molar-refractivity contribution is 6.77. The van der Waals surface area contributed by atoms with Crippen molar-refractivity contribution >= 4 is 17.0 Å². The Morgan fingerprint density at radius 2 is 1.41 bits per heavy atom. The van der Waals surface area contributed by atoms with Crippen molar-refractivity contribution in [2.24, 2.45) is 0 Å². The normalized spacial score (nSPS) is 14.3. The zero-order valence-electron chi connectivity index (χ0n) is 13.2. The van der Waals surface area contributed by atoms with Crippen LogP contribution in [0.5, 0.6) is 0 Å². The third-order valence-corrected chi connectivity index (χ3v) is 8.79. The smallest absolute Gasteiger partial charge is 0.108 e. The summed E-state index contributed by atoms with van der Waals surface area (Å²) in [5, 5.41) is 0. The van der Waals surface area contributed by atoms with Crippen LogP contribution in [0.25, 0.3) is 0 Å². The van der Waals surface area contributed by atoms with E-state index in [4.69, 9.17) is 0 Å². The number of hydrogen-bond donors (Lipinski definition) is 0. The molecular formula is C14H35NSi2. The van der Waals surface area contributed by atoms with Crippen LogP contribution >= 0.6 is 0 Å². The van der Waals surface area contributed by atoms with E-state index in [1.54, 1.807) is 6.04 Å². The monoisotopic (exact) mass is 273 g/mol. The van der Waals surface area contributed by atoms with Crippen molar-refractivity contribution in [1.82, 2.24) is 4.57 Å². The summed E-state index contributed by atoms with van der Waals surface area (Å²) in [6, 6.07) is 3.08. The van der Waals surface area contributed by atoms with Crippen molar-refractivity contribution < 1.29 is 0 Å². The number of unbranched alkanes of at least 4 members (excludes halogenated alkanes) is 2. The first kappa shape index (κ1) is 17.4. The molecule has 0 rings (SSSR count). The van der Waals surface area contributed by atoms with E-state index in [2.05, 4.69) is 44.6 Å². The molecule has 0 aromatic carbocycles. The van der Waals surface area contributed by atoms with Gasteiger partial charge in [0.15, 0.2) is 0 Å². The van der Waals surface area contributed by atoms with Crippen LogP contribution in [0.4, 0.5) is 0 Å². The molecule has 0 aliphatic heterocycles. The zero-order valence-corrected chi connectivity index (χ0v) is 15.3. The van der Waals surface area contributed by atoms with Gasteiger partial charge >= 0.3 is 0 Å². The molecule has 1 nitrogen and oxygen atoms in total. The van der Waals surface area contributed by atoms with Gasteiger partial charge in [-0.05, 0) is 32.0 Å². The van der Waals surface area contributed by atoms with E-state index in [1.165, 1.54) is 44.8 Å². The van der Waals surface area contributed by atoms with E-state index in [9.17, 15) is 0 Å². The lowest BCUT2D eigenvalue weighted by Gasteiger charge is -2.30. The van der Waals surface area contributed by atoms with Gasteiger partial charge < -0.3 is 4.57 Å². The third kappa shape index (κ3) is 10.0. The van der Waals surface area contributed by atoms with E-state index in [0.29, 0.717) is 0 Å². The maximum Gasteiger partial charge on any atom is 0.108 e. The molecule has 0 heterocycles. The van der Waals surface area contributed by atoms with Crippen molar-refractivity contribution in [3.8, 4) is 0 Å².